The van der Waals surface area contributed by atoms with Crippen molar-refractivity contribution in [2.45, 2.75) is 33.1 Å². The molecular weight excluding hydrogens is 186 g/mol. The first-order chi connectivity index (χ1) is 7.27. The van der Waals surface area contributed by atoms with Crippen molar-refractivity contribution in [2.24, 2.45) is 0 Å². The lowest BCUT2D eigenvalue weighted by Gasteiger charge is -2.07. The summed E-state index contributed by atoms with van der Waals surface area (Å²) in [5.74, 6) is 1.02. The van der Waals surface area contributed by atoms with Gasteiger partial charge in [0.25, 0.3) is 0 Å². The van der Waals surface area contributed by atoms with Crippen LogP contribution >= 0.6 is 0 Å². The molecule has 0 aliphatic heterocycles. The lowest BCUT2D eigenvalue weighted by Crippen LogP contribution is -2.05. The molecule has 0 spiro atoms. The van der Waals surface area contributed by atoms with Gasteiger partial charge in [-0.25, -0.2) is 9.97 Å². The van der Waals surface area contributed by atoms with Crippen LogP contribution in [0.15, 0.2) is 18.0 Å². The molecule has 0 radical (unpaired) electrons. The molecule has 80 valence electrons. The van der Waals surface area contributed by atoms with E-state index in [4.69, 9.17) is 0 Å². The van der Waals surface area contributed by atoms with Crippen LogP contribution < -0.4 is 5.32 Å². The first-order valence-corrected chi connectivity index (χ1v) is 5.47. The van der Waals surface area contributed by atoms with Gasteiger partial charge >= 0.3 is 0 Å². The van der Waals surface area contributed by atoms with Gasteiger partial charge in [0, 0.05) is 17.8 Å². The van der Waals surface area contributed by atoms with E-state index in [9.17, 15) is 0 Å². The summed E-state index contributed by atoms with van der Waals surface area (Å²) in [6, 6.07) is 0. The molecule has 0 unspecified atom stereocenters. The van der Waals surface area contributed by atoms with Gasteiger partial charge in [0.05, 0.1) is 0 Å². The van der Waals surface area contributed by atoms with Gasteiger partial charge in [0.2, 0.25) is 0 Å². The highest BCUT2D eigenvalue weighted by molar-refractivity contribution is 5.48. The SMILES string of the molecule is CC(C)=CCNc1ncnc2c1CCC2. The summed E-state index contributed by atoms with van der Waals surface area (Å²) in [6.07, 6.45) is 7.27. The number of hydrogen-bond acceptors (Lipinski definition) is 3. The van der Waals surface area contributed by atoms with E-state index in [1.165, 1.54) is 23.3 Å². The summed E-state index contributed by atoms with van der Waals surface area (Å²) in [6.45, 7) is 5.06. The molecule has 1 aliphatic carbocycles. The van der Waals surface area contributed by atoms with E-state index in [0.29, 0.717) is 0 Å². The zero-order chi connectivity index (χ0) is 10.7. The number of aromatic nitrogens is 2. The highest BCUT2D eigenvalue weighted by Crippen LogP contribution is 2.24. The Labute approximate surface area is 90.6 Å². The minimum Gasteiger partial charge on any atom is -0.366 e. The maximum atomic E-state index is 4.30. The maximum Gasteiger partial charge on any atom is 0.133 e. The molecule has 0 amide bonds. The molecule has 0 saturated carbocycles. The monoisotopic (exact) mass is 203 g/mol. The van der Waals surface area contributed by atoms with Gasteiger partial charge in [0.15, 0.2) is 0 Å². The van der Waals surface area contributed by atoms with Crippen LogP contribution in [0.5, 0.6) is 0 Å². The molecule has 0 saturated heterocycles. The summed E-state index contributed by atoms with van der Waals surface area (Å²) in [5, 5.41) is 3.35. The van der Waals surface area contributed by atoms with Crippen molar-refractivity contribution in [3.8, 4) is 0 Å². The summed E-state index contributed by atoms with van der Waals surface area (Å²) in [7, 11) is 0. The van der Waals surface area contributed by atoms with Gasteiger partial charge in [-0.2, -0.15) is 0 Å². The second-order valence-corrected chi connectivity index (χ2v) is 4.16. The Bertz CT molecular complexity index is 378. The van der Waals surface area contributed by atoms with Crippen molar-refractivity contribution >= 4 is 5.82 Å². The zero-order valence-electron chi connectivity index (χ0n) is 9.38. The van der Waals surface area contributed by atoms with E-state index in [-0.39, 0.29) is 0 Å². The molecule has 1 N–H and O–H groups in total. The molecule has 3 nitrogen and oxygen atoms in total. The van der Waals surface area contributed by atoms with Crippen molar-refractivity contribution in [2.75, 3.05) is 11.9 Å². The fourth-order valence-corrected chi connectivity index (χ4v) is 1.86. The molecule has 3 heteroatoms. The van der Waals surface area contributed by atoms with Crippen LogP contribution in [0.2, 0.25) is 0 Å². The average Bonchev–Trinajstić information content (AvgIpc) is 2.65. The van der Waals surface area contributed by atoms with E-state index in [1.807, 2.05) is 0 Å². The number of aryl methyl sites for hydroxylation is 1. The molecule has 1 aromatic rings. The van der Waals surface area contributed by atoms with Crippen LogP contribution in [0.25, 0.3) is 0 Å². The lowest BCUT2D eigenvalue weighted by molar-refractivity contribution is 0.899. The van der Waals surface area contributed by atoms with E-state index in [2.05, 4.69) is 35.2 Å². The van der Waals surface area contributed by atoms with Crippen LogP contribution in [-0.2, 0) is 12.8 Å². The molecule has 0 aromatic carbocycles. The molecule has 2 rings (SSSR count). The third-order valence-corrected chi connectivity index (χ3v) is 2.65. The van der Waals surface area contributed by atoms with Crippen molar-refractivity contribution in [1.29, 1.82) is 0 Å². The number of rotatable bonds is 3. The summed E-state index contributed by atoms with van der Waals surface area (Å²) < 4.78 is 0. The predicted molar refractivity (Wildman–Crippen MR) is 62.0 cm³/mol. The van der Waals surface area contributed by atoms with Crippen molar-refractivity contribution in [3.05, 3.63) is 29.2 Å². The first kappa shape index (κ1) is 10.1. The fourth-order valence-electron chi connectivity index (χ4n) is 1.86. The Morgan fingerprint density at radius 2 is 2.27 bits per heavy atom. The van der Waals surface area contributed by atoms with Crippen LogP contribution in [0, 0.1) is 0 Å². The summed E-state index contributed by atoms with van der Waals surface area (Å²) in [5.41, 5.74) is 3.87. The standard InChI is InChI=1S/C12H17N3/c1-9(2)6-7-13-12-10-4-3-5-11(10)14-8-15-12/h6,8H,3-5,7H2,1-2H3,(H,13,14,15). The third-order valence-electron chi connectivity index (χ3n) is 2.65. The minimum absolute atomic E-state index is 0.853. The number of nitrogens with one attached hydrogen (secondary N) is 1. The molecular formula is C12H17N3. The normalized spacial score (nSPS) is 13.5. The molecule has 1 heterocycles. The topological polar surface area (TPSA) is 37.8 Å². The Morgan fingerprint density at radius 3 is 3.07 bits per heavy atom. The largest absolute Gasteiger partial charge is 0.366 e. The number of fused-ring (bicyclic) bond motifs is 1. The maximum absolute atomic E-state index is 4.30. The number of hydrogen-bond donors (Lipinski definition) is 1. The zero-order valence-corrected chi connectivity index (χ0v) is 9.38. The van der Waals surface area contributed by atoms with Crippen molar-refractivity contribution in [1.82, 2.24) is 9.97 Å². The highest BCUT2D eigenvalue weighted by Gasteiger charge is 2.16. The fraction of sp³-hybridized carbons (Fsp3) is 0.500. The van der Waals surface area contributed by atoms with Crippen molar-refractivity contribution < 1.29 is 0 Å². The molecule has 1 aliphatic rings. The highest BCUT2D eigenvalue weighted by atomic mass is 15.0. The number of allylic oxidation sites excluding steroid dienone is 1. The van der Waals surface area contributed by atoms with Gasteiger partial charge in [-0.05, 0) is 33.1 Å². The van der Waals surface area contributed by atoms with Crippen LogP contribution in [0.1, 0.15) is 31.5 Å². The van der Waals surface area contributed by atoms with Gasteiger partial charge in [-0.3, -0.25) is 0 Å². The smallest absolute Gasteiger partial charge is 0.133 e. The summed E-state index contributed by atoms with van der Waals surface area (Å²) in [4.78, 5) is 8.59. The van der Waals surface area contributed by atoms with E-state index < -0.39 is 0 Å². The Morgan fingerprint density at radius 1 is 1.40 bits per heavy atom. The van der Waals surface area contributed by atoms with Crippen LogP contribution in [0.3, 0.4) is 0 Å². The number of nitrogens with zero attached hydrogens (tertiary/aromatic N) is 2. The Kier molecular flexibility index (Phi) is 2.99. The van der Waals surface area contributed by atoms with Gasteiger partial charge < -0.3 is 5.32 Å². The van der Waals surface area contributed by atoms with E-state index >= 15 is 0 Å². The van der Waals surface area contributed by atoms with E-state index in [1.54, 1.807) is 6.33 Å². The molecule has 15 heavy (non-hydrogen) atoms. The molecule has 0 bridgehead atoms. The second kappa shape index (κ2) is 4.43. The van der Waals surface area contributed by atoms with Crippen molar-refractivity contribution in [3.63, 3.8) is 0 Å². The minimum atomic E-state index is 0.853. The third kappa shape index (κ3) is 2.35. The second-order valence-electron chi connectivity index (χ2n) is 4.16. The summed E-state index contributed by atoms with van der Waals surface area (Å²) >= 11 is 0. The molecule has 1 aromatic heterocycles. The Hall–Kier alpha value is -1.38. The molecule has 0 atom stereocenters. The quantitative estimate of drug-likeness (QED) is 0.766. The van der Waals surface area contributed by atoms with Gasteiger partial charge in [-0.1, -0.05) is 11.6 Å². The average molecular weight is 203 g/mol. The van der Waals surface area contributed by atoms with Gasteiger partial charge in [-0.15, -0.1) is 0 Å². The number of anilines is 1. The lowest BCUT2D eigenvalue weighted by atomic mass is 10.2. The van der Waals surface area contributed by atoms with Gasteiger partial charge in [0.1, 0.15) is 12.1 Å². The van der Waals surface area contributed by atoms with Crippen LogP contribution in [0.4, 0.5) is 5.82 Å². The van der Waals surface area contributed by atoms with Crippen LogP contribution in [-0.4, -0.2) is 16.5 Å². The molecule has 0 fully saturated rings. The predicted octanol–water partition coefficient (Wildman–Crippen LogP) is 2.34. The van der Waals surface area contributed by atoms with E-state index in [0.717, 1.165) is 25.2 Å². The Balaban J connectivity index is 2.09. The first-order valence-electron chi connectivity index (χ1n) is 5.47.